The van der Waals surface area contributed by atoms with Crippen LogP contribution in [0.4, 0.5) is 0 Å². The number of amides is 1. The van der Waals surface area contributed by atoms with Crippen molar-refractivity contribution in [3.8, 4) is 0 Å². The van der Waals surface area contributed by atoms with Crippen molar-refractivity contribution in [1.29, 1.82) is 0 Å². The summed E-state index contributed by atoms with van der Waals surface area (Å²) in [5, 5.41) is 4.12. The third-order valence-corrected chi connectivity index (χ3v) is 6.69. The number of rotatable bonds is 6. The number of fused-ring (bicyclic) bond motifs is 1. The fourth-order valence-electron chi connectivity index (χ4n) is 4.09. The number of thioether (sulfide) groups is 1. The maximum Gasteiger partial charge on any atom is 0.258 e. The Hall–Kier alpha value is -2.57. The van der Waals surface area contributed by atoms with Gasteiger partial charge >= 0.3 is 0 Å². The Bertz CT molecular complexity index is 1090. The first-order valence-electron chi connectivity index (χ1n) is 10.2. The number of nitrogens with zero attached hydrogens (tertiary/aromatic N) is 3. The SMILES string of the molecule is O=C(NCCCCN1CCc2ccccc2C1)C1=Cc2cnc3cccc(n23)S1. The first kappa shape index (κ1) is 18.5. The van der Waals surface area contributed by atoms with Crippen LogP contribution in [0.3, 0.4) is 0 Å². The van der Waals surface area contributed by atoms with Crippen LogP contribution in [0.5, 0.6) is 0 Å². The van der Waals surface area contributed by atoms with Crippen LogP contribution in [0.1, 0.15) is 29.7 Å². The van der Waals surface area contributed by atoms with Crippen LogP contribution in [0, 0.1) is 0 Å². The lowest BCUT2D eigenvalue weighted by atomic mass is 10.00. The minimum Gasteiger partial charge on any atom is -0.352 e. The van der Waals surface area contributed by atoms with Gasteiger partial charge < -0.3 is 5.32 Å². The van der Waals surface area contributed by atoms with E-state index >= 15 is 0 Å². The summed E-state index contributed by atoms with van der Waals surface area (Å²) in [6.07, 6.45) is 6.98. The van der Waals surface area contributed by atoms with Crippen molar-refractivity contribution in [1.82, 2.24) is 19.6 Å². The van der Waals surface area contributed by atoms with Gasteiger partial charge in [-0.05, 0) is 55.1 Å². The zero-order valence-corrected chi connectivity index (χ0v) is 17.1. The normalized spacial score (nSPS) is 15.8. The number of hydrogen-bond donors (Lipinski definition) is 1. The molecule has 0 saturated heterocycles. The molecule has 5 nitrogen and oxygen atoms in total. The van der Waals surface area contributed by atoms with Crippen LogP contribution in [-0.2, 0) is 17.8 Å². The minimum atomic E-state index is 0.00588. The summed E-state index contributed by atoms with van der Waals surface area (Å²) in [6, 6.07) is 14.7. The molecule has 1 amide bonds. The Morgan fingerprint density at radius 3 is 2.93 bits per heavy atom. The van der Waals surface area contributed by atoms with E-state index in [1.807, 2.05) is 30.5 Å². The maximum atomic E-state index is 12.6. The van der Waals surface area contributed by atoms with E-state index in [9.17, 15) is 4.79 Å². The lowest BCUT2D eigenvalue weighted by Crippen LogP contribution is -2.32. The summed E-state index contributed by atoms with van der Waals surface area (Å²) in [5.41, 5.74) is 4.83. The zero-order chi connectivity index (χ0) is 19.6. The predicted octanol–water partition coefficient (Wildman–Crippen LogP) is 3.74. The molecule has 2 aromatic heterocycles. The Balaban J connectivity index is 1.09. The van der Waals surface area contributed by atoms with Gasteiger partial charge in [-0.3, -0.25) is 14.1 Å². The number of benzene rings is 1. The van der Waals surface area contributed by atoms with Gasteiger partial charge in [-0.25, -0.2) is 4.98 Å². The number of imidazole rings is 1. The molecule has 1 aromatic carbocycles. The highest BCUT2D eigenvalue weighted by molar-refractivity contribution is 8.04. The molecule has 5 rings (SSSR count). The molecule has 0 saturated carbocycles. The van der Waals surface area contributed by atoms with Crippen molar-refractivity contribution in [2.45, 2.75) is 30.8 Å². The molecule has 0 aliphatic carbocycles. The van der Waals surface area contributed by atoms with Gasteiger partial charge in [0.05, 0.1) is 21.8 Å². The average Bonchev–Trinajstić information content (AvgIpc) is 3.18. The van der Waals surface area contributed by atoms with E-state index in [0.717, 1.165) is 60.2 Å². The predicted molar refractivity (Wildman–Crippen MR) is 117 cm³/mol. The number of unbranched alkanes of at least 4 members (excludes halogenated alkanes) is 1. The standard InChI is InChI=1S/C23H24N4OS/c28-23(20-14-19-15-25-21-8-5-9-22(29-20)27(19)21)24-11-3-4-12-26-13-10-17-6-1-2-7-18(17)16-26/h1-2,5-9,14-15H,3-4,10-13,16H2,(H,24,28). The van der Waals surface area contributed by atoms with E-state index in [1.54, 1.807) is 0 Å². The van der Waals surface area contributed by atoms with Crippen LogP contribution in [0.2, 0.25) is 0 Å². The molecule has 0 bridgehead atoms. The topological polar surface area (TPSA) is 49.6 Å². The Labute approximate surface area is 174 Å². The summed E-state index contributed by atoms with van der Waals surface area (Å²) in [5.74, 6) is 0.00588. The summed E-state index contributed by atoms with van der Waals surface area (Å²) >= 11 is 1.51. The van der Waals surface area contributed by atoms with Crippen LogP contribution < -0.4 is 5.32 Å². The van der Waals surface area contributed by atoms with Gasteiger partial charge in [0.25, 0.3) is 5.91 Å². The van der Waals surface area contributed by atoms with Gasteiger partial charge in [-0.1, -0.05) is 42.1 Å². The van der Waals surface area contributed by atoms with E-state index in [4.69, 9.17) is 0 Å². The smallest absolute Gasteiger partial charge is 0.258 e. The van der Waals surface area contributed by atoms with Crippen molar-refractivity contribution in [3.05, 3.63) is 70.4 Å². The highest BCUT2D eigenvalue weighted by Gasteiger charge is 2.20. The van der Waals surface area contributed by atoms with E-state index in [-0.39, 0.29) is 5.91 Å². The summed E-state index contributed by atoms with van der Waals surface area (Å²) in [6.45, 7) is 3.98. The quantitative estimate of drug-likeness (QED) is 0.636. The number of aromatic nitrogens is 2. The second-order valence-corrected chi connectivity index (χ2v) is 8.67. The lowest BCUT2D eigenvalue weighted by Gasteiger charge is -2.28. The number of hydrogen-bond acceptors (Lipinski definition) is 4. The molecule has 2 aliphatic rings. The summed E-state index contributed by atoms with van der Waals surface area (Å²) in [4.78, 5) is 20.3. The zero-order valence-electron chi connectivity index (χ0n) is 16.3. The Morgan fingerprint density at radius 1 is 1.10 bits per heavy atom. The van der Waals surface area contributed by atoms with E-state index < -0.39 is 0 Å². The second kappa shape index (κ2) is 8.05. The fourth-order valence-corrected chi connectivity index (χ4v) is 5.10. The van der Waals surface area contributed by atoms with Gasteiger partial charge in [0.15, 0.2) is 0 Å². The number of nitrogens with one attached hydrogen (secondary N) is 1. The van der Waals surface area contributed by atoms with E-state index in [2.05, 4.69) is 43.9 Å². The van der Waals surface area contributed by atoms with Gasteiger partial charge in [0, 0.05) is 19.6 Å². The summed E-state index contributed by atoms with van der Waals surface area (Å²) < 4.78 is 2.08. The van der Waals surface area contributed by atoms with Crippen molar-refractivity contribution >= 4 is 29.4 Å². The number of pyridine rings is 1. The van der Waals surface area contributed by atoms with Gasteiger partial charge in [-0.2, -0.15) is 0 Å². The molecule has 0 fully saturated rings. The number of carbonyl (C=O) groups is 1. The van der Waals surface area contributed by atoms with Crippen molar-refractivity contribution in [2.75, 3.05) is 19.6 Å². The third-order valence-electron chi connectivity index (χ3n) is 5.63. The van der Waals surface area contributed by atoms with E-state index in [1.165, 1.54) is 22.9 Å². The molecule has 2 aliphatic heterocycles. The fraction of sp³-hybridized carbons (Fsp3) is 0.304. The molecule has 3 aromatic rings. The highest BCUT2D eigenvalue weighted by Crippen LogP contribution is 2.34. The van der Waals surface area contributed by atoms with Crippen LogP contribution in [0.15, 0.2) is 58.6 Å². The summed E-state index contributed by atoms with van der Waals surface area (Å²) in [7, 11) is 0. The molecule has 6 heteroatoms. The highest BCUT2D eigenvalue weighted by atomic mass is 32.2. The molecular weight excluding hydrogens is 380 g/mol. The largest absolute Gasteiger partial charge is 0.352 e. The minimum absolute atomic E-state index is 0.00588. The van der Waals surface area contributed by atoms with Gasteiger partial charge in [0.1, 0.15) is 5.65 Å². The molecule has 0 atom stereocenters. The first-order chi connectivity index (χ1) is 14.3. The van der Waals surface area contributed by atoms with Crippen LogP contribution in [-0.4, -0.2) is 39.8 Å². The van der Waals surface area contributed by atoms with Crippen LogP contribution >= 0.6 is 11.8 Å². The lowest BCUT2D eigenvalue weighted by molar-refractivity contribution is -0.116. The number of carbonyl (C=O) groups excluding carboxylic acids is 1. The maximum absolute atomic E-state index is 12.6. The molecule has 0 spiro atoms. The van der Waals surface area contributed by atoms with Gasteiger partial charge in [0.2, 0.25) is 0 Å². The molecule has 29 heavy (non-hydrogen) atoms. The Kier molecular flexibility index (Phi) is 5.12. The molecule has 0 radical (unpaired) electrons. The molecule has 4 heterocycles. The van der Waals surface area contributed by atoms with Gasteiger partial charge in [-0.15, -0.1) is 0 Å². The van der Waals surface area contributed by atoms with Crippen molar-refractivity contribution in [3.63, 3.8) is 0 Å². The van der Waals surface area contributed by atoms with Crippen molar-refractivity contribution < 1.29 is 4.79 Å². The average molecular weight is 405 g/mol. The molecule has 148 valence electrons. The second-order valence-electron chi connectivity index (χ2n) is 7.61. The first-order valence-corrected chi connectivity index (χ1v) is 11.0. The third kappa shape index (κ3) is 3.82. The monoisotopic (exact) mass is 404 g/mol. The van der Waals surface area contributed by atoms with Crippen LogP contribution in [0.25, 0.3) is 11.7 Å². The van der Waals surface area contributed by atoms with E-state index in [0.29, 0.717) is 6.54 Å². The van der Waals surface area contributed by atoms with Crippen molar-refractivity contribution in [2.24, 2.45) is 0 Å². The molecule has 1 N–H and O–H groups in total. The Morgan fingerprint density at radius 2 is 2.00 bits per heavy atom. The molecule has 0 unspecified atom stereocenters. The molecular formula is C23H24N4OS.